The zero-order valence-electron chi connectivity index (χ0n) is 10.4. The number of halogens is 1. The molecule has 2 aromatic carbocycles. The summed E-state index contributed by atoms with van der Waals surface area (Å²) >= 11 is 0. The zero-order valence-corrected chi connectivity index (χ0v) is 10.4. The Kier molecular flexibility index (Phi) is 3.75. The van der Waals surface area contributed by atoms with Crippen LogP contribution < -0.4 is 4.90 Å². The highest BCUT2D eigenvalue weighted by Crippen LogP contribution is 2.22. The quantitative estimate of drug-likeness (QED) is 0.625. The second-order valence-electron chi connectivity index (χ2n) is 4.20. The molecule has 0 radical (unpaired) electrons. The molecule has 0 N–H and O–H groups in total. The average Bonchev–Trinajstić information content (AvgIpc) is 2.41. The van der Waals surface area contributed by atoms with Gasteiger partial charge in [-0.3, -0.25) is 10.1 Å². The van der Waals surface area contributed by atoms with Crippen LogP contribution in [0.3, 0.4) is 0 Å². The fraction of sp³-hybridized carbons (Fsp3) is 0.143. The lowest BCUT2D eigenvalue weighted by molar-refractivity contribution is -0.387. The molecule has 2 rings (SSSR count). The molecule has 5 heteroatoms. The molecule has 0 aliphatic rings. The standard InChI is InChI=1S/C14H13FN2O2/c1-16(12-7-3-2-4-8-12)10-11-6-5-9-13(14(11)15)17(18)19/h2-9H,10H2,1H3. The van der Waals surface area contributed by atoms with Gasteiger partial charge < -0.3 is 4.90 Å². The van der Waals surface area contributed by atoms with Crippen molar-refractivity contribution in [2.24, 2.45) is 0 Å². The summed E-state index contributed by atoms with van der Waals surface area (Å²) in [6, 6.07) is 13.7. The third kappa shape index (κ3) is 2.88. The van der Waals surface area contributed by atoms with Crippen molar-refractivity contribution in [2.75, 3.05) is 11.9 Å². The van der Waals surface area contributed by atoms with Gasteiger partial charge in [0.2, 0.25) is 5.82 Å². The van der Waals surface area contributed by atoms with Crippen molar-refractivity contribution in [1.82, 2.24) is 0 Å². The fourth-order valence-electron chi connectivity index (χ4n) is 1.86. The molecule has 0 unspecified atom stereocenters. The number of nitrogens with zero attached hydrogens (tertiary/aromatic N) is 2. The number of hydrogen-bond acceptors (Lipinski definition) is 3. The van der Waals surface area contributed by atoms with Crippen LogP contribution >= 0.6 is 0 Å². The lowest BCUT2D eigenvalue weighted by Gasteiger charge is -2.19. The topological polar surface area (TPSA) is 46.4 Å². The smallest absolute Gasteiger partial charge is 0.305 e. The van der Waals surface area contributed by atoms with E-state index in [0.717, 1.165) is 5.69 Å². The van der Waals surface area contributed by atoms with Gasteiger partial charge in [0, 0.05) is 30.9 Å². The molecule has 0 saturated carbocycles. The molecular weight excluding hydrogens is 247 g/mol. The van der Waals surface area contributed by atoms with E-state index in [-0.39, 0.29) is 6.54 Å². The zero-order chi connectivity index (χ0) is 13.8. The summed E-state index contributed by atoms with van der Waals surface area (Å²) in [6.45, 7) is 0.275. The van der Waals surface area contributed by atoms with Crippen LogP contribution in [-0.2, 0) is 6.54 Å². The summed E-state index contributed by atoms with van der Waals surface area (Å²) in [5.74, 6) is -0.768. The first kappa shape index (κ1) is 13.0. The van der Waals surface area contributed by atoms with Gasteiger partial charge in [0.05, 0.1) is 4.92 Å². The van der Waals surface area contributed by atoms with Crippen molar-refractivity contribution in [3.8, 4) is 0 Å². The van der Waals surface area contributed by atoms with Crippen LogP contribution in [0.1, 0.15) is 5.56 Å². The lowest BCUT2D eigenvalue weighted by Crippen LogP contribution is -2.17. The van der Waals surface area contributed by atoms with Crippen LogP contribution in [0.2, 0.25) is 0 Å². The SMILES string of the molecule is CN(Cc1cccc([N+](=O)[O-])c1F)c1ccccc1. The number of nitro benzene ring substituents is 1. The molecule has 0 atom stereocenters. The largest absolute Gasteiger partial charge is 0.370 e. The van der Waals surface area contributed by atoms with Crippen LogP contribution in [0.5, 0.6) is 0 Å². The van der Waals surface area contributed by atoms with Crippen molar-refractivity contribution in [3.63, 3.8) is 0 Å². The van der Waals surface area contributed by atoms with E-state index in [4.69, 9.17) is 0 Å². The first-order chi connectivity index (χ1) is 9.09. The predicted octanol–water partition coefficient (Wildman–Crippen LogP) is 3.37. The van der Waals surface area contributed by atoms with Crippen LogP contribution in [0, 0.1) is 15.9 Å². The van der Waals surface area contributed by atoms with Gasteiger partial charge >= 0.3 is 5.69 Å². The Morgan fingerprint density at radius 2 is 1.84 bits per heavy atom. The highest BCUT2D eigenvalue weighted by Gasteiger charge is 2.17. The van der Waals surface area contributed by atoms with Gasteiger partial charge in [-0.1, -0.05) is 30.3 Å². The van der Waals surface area contributed by atoms with Crippen molar-refractivity contribution in [2.45, 2.75) is 6.54 Å². The van der Waals surface area contributed by atoms with Gasteiger partial charge in [-0.05, 0) is 12.1 Å². The number of benzene rings is 2. The summed E-state index contributed by atoms with van der Waals surface area (Å²) in [5, 5.41) is 10.7. The minimum atomic E-state index is -0.768. The number of para-hydroxylation sites is 1. The molecule has 98 valence electrons. The molecule has 0 aliphatic heterocycles. The monoisotopic (exact) mass is 260 g/mol. The Morgan fingerprint density at radius 1 is 1.16 bits per heavy atom. The third-order valence-corrected chi connectivity index (χ3v) is 2.86. The van der Waals surface area contributed by atoms with E-state index in [1.807, 2.05) is 42.3 Å². The molecule has 0 spiro atoms. The van der Waals surface area contributed by atoms with Gasteiger partial charge in [0.25, 0.3) is 0 Å². The van der Waals surface area contributed by atoms with Gasteiger partial charge in [-0.2, -0.15) is 4.39 Å². The first-order valence-corrected chi connectivity index (χ1v) is 5.77. The average molecular weight is 260 g/mol. The summed E-state index contributed by atoms with van der Waals surface area (Å²) < 4.78 is 13.9. The van der Waals surface area contributed by atoms with Crippen molar-refractivity contribution < 1.29 is 9.31 Å². The van der Waals surface area contributed by atoms with Crippen molar-refractivity contribution in [1.29, 1.82) is 0 Å². The first-order valence-electron chi connectivity index (χ1n) is 5.77. The van der Waals surface area contributed by atoms with E-state index in [0.29, 0.717) is 5.56 Å². The number of nitro groups is 1. The third-order valence-electron chi connectivity index (χ3n) is 2.86. The Hall–Kier alpha value is -2.43. The molecule has 19 heavy (non-hydrogen) atoms. The van der Waals surface area contributed by atoms with E-state index in [1.54, 1.807) is 6.07 Å². The Morgan fingerprint density at radius 3 is 2.47 bits per heavy atom. The molecule has 0 aliphatic carbocycles. The van der Waals surface area contributed by atoms with Gasteiger partial charge in [0.1, 0.15) is 0 Å². The lowest BCUT2D eigenvalue weighted by atomic mass is 10.1. The van der Waals surface area contributed by atoms with E-state index < -0.39 is 16.4 Å². The maximum atomic E-state index is 13.9. The van der Waals surface area contributed by atoms with E-state index >= 15 is 0 Å². The number of hydrogen-bond donors (Lipinski definition) is 0. The summed E-state index contributed by atoms with van der Waals surface area (Å²) in [4.78, 5) is 11.8. The highest BCUT2D eigenvalue weighted by atomic mass is 19.1. The molecule has 0 aromatic heterocycles. The maximum absolute atomic E-state index is 13.9. The Bertz CT molecular complexity index is 587. The van der Waals surface area contributed by atoms with E-state index in [9.17, 15) is 14.5 Å². The summed E-state index contributed by atoms with van der Waals surface area (Å²) in [5.41, 5.74) is 0.743. The molecular formula is C14H13FN2O2. The van der Waals surface area contributed by atoms with Crippen molar-refractivity contribution in [3.05, 3.63) is 70.0 Å². The molecule has 0 heterocycles. The van der Waals surface area contributed by atoms with E-state index in [2.05, 4.69) is 0 Å². The summed E-state index contributed by atoms with van der Waals surface area (Å²) in [6.07, 6.45) is 0. The van der Waals surface area contributed by atoms with E-state index in [1.165, 1.54) is 12.1 Å². The normalized spacial score (nSPS) is 10.2. The Balaban J connectivity index is 2.25. The van der Waals surface area contributed by atoms with Crippen LogP contribution in [0.25, 0.3) is 0 Å². The maximum Gasteiger partial charge on any atom is 0.305 e. The van der Waals surface area contributed by atoms with Crippen LogP contribution in [-0.4, -0.2) is 12.0 Å². The molecule has 4 nitrogen and oxygen atoms in total. The molecule has 0 saturated heterocycles. The number of anilines is 1. The minimum Gasteiger partial charge on any atom is -0.370 e. The molecule has 0 amide bonds. The predicted molar refractivity (Wildman–Crippen MR) is 71.6 cm³/mol. The van der Waals surface area contributed by atoms with Gasteiger partial charge in [-0.15, -0.1) is 0 Å². The second kappa shape index (κ2) is 5.48. The molecule has 0 bridgehead atoms. The second-order valence-corrected chi connectivity index (χ2v) is 4.20. The van der Waals surface area contributed by atoms with Crippen molar-refractivity contribution >= 4 is 11.4 Å². The minimum absolute atomic E-state index is 0.275. The van der Waals surface area contributed by atoms with Gasteiger partial charge in [-0.25, -0.2) is 0 Å². The summed E-state index contributed by atoms with van der Waals surface area (Å²) in [7, 11) is 1.81. The van der Waals surface area contributed by atoms with Gasteiger partial charge in [0.15, 0.2) is 0 Å². The Labute approximate surface area is 110 Å². The molecule has 2 aromatic rings. The number of rotatable bonds is 4. The fourth-order valence-corrected chi connectivity index (χ4v) is 1.86. The van der Waals surface area contributed by atoms with Crippen LogP contribution in [0.15, 0.2) is 48.5 Å². The highest BCUT2D eigenvalue weighted by molar-refractivity contribution is 5.47. The van der Waals surface area contributed by atoms with Crippen LogP contribution in [0.4, 0.5) is 15.8 Å². The molecule has 0 fully saturated rings.